The summed E-state index contributed by atoms with van der Waals surface area (Å²) in [4.78, 5) is 39.3. The Morgan fingerprint density at radius 2 is 1.62 bits per heavy atom. The maximum atomic E-state index is 12.5. The number of methoxy groups -OCH3 is 1. The van der Waals surface area contributed by atoms with Crippen molar-refractivity contribution in [1.29, 1.82) is 0 Å². The molecule has 1 heterocycles. The van der Waals surface area contributed by atoms with Gasteiger partial charge < -0.3 is 14.5 Å². The Balaban J connectivity index is 1.90. The third-order valence-corrected chi connectivity index (χ3v) is 4.25. The number of hydrogen-bond donors (Lipinski definition) is 0. The van der Waals surface area contributed by atoms with Crippen molar-refractivity contribution < 1.29 is 19.1 Å². The van der Waals surface area contributed by atoms with Gasteiger partial charge in [-0.25, -0.2) is 0 Å². The zero-order valence-corrected chi connectivity index (χ0v) is 14.4. The summed E-state index contributed by atoms with van der Waals surface area (Å²) in [7, 11) is 1.30. The number of carbonyl (C=O) groups excluding carboxylic acids is 3. The molecule has 24 heavy (non-hydrogen) atoms. The predicted molar refractivity (Wildman–Crippen MR) is 89.8 cm³/mol. The van der Waals surface area contributed by atoms with Crippen molar-refractivity contribution in [1.82, 2.24) is 9.80 Å². The Hall–Kier alpha value is -2.08. The number of esters is 1. The summed E-state index contributed by atoms with van der Waals surface area (Å²) in [6, 6.07) is 6.79. The van der Waals surface area contributed by atoms with E-state index in [2.05, 4.69) is 4.74 Å². The Morgan fingerprint density at radius 3 is 2.29 bits per heavy atom. The molecule has 0 spiro atoms. The molecule has 0 saturated carbocycles. The van der Waals surface area contributed by atoms with Crippen molar-refractivity contribution in [2.75, 3.05) is 33.3 Å². The van der Waals surface area contributed by atoms with Gasteiger partial charge in [0, 0.05) is 43.2 Å². The number of nitrogens with zero attached hydrogens (tertiary/aromatic N) is 2. The summed E-state index contributed by atoms with van der Waals surface area (Å²) in [5.41, 5.74) is 0.588. The first kappa shape index (κ1) is 18.3. The molecule has 0 atom stereocenters. The standard InChI is InChI=1S/C17H21ClN2O4/c1-24-16(22)8-7-15(21)19-9-2-10-20(12-11-19)17(23)13-3-5-14(18)6-4-13/h3-6H,2,7-12H2,1H3. The number of amides is 2. The molecule has 0 N–H and O–H groups in total. The lowest BCUT2D eigenvalue weighted by Crippen LogP contribution is -2.37. The number of rotatable bonds is 4. The average Bonchev–Trinajstić information content (AvgIpc) is 2.85. The van der Waals surface area contributed by atoms with Crippen LogP contribution in [0.25, 0.3) is 0 Å². The lowest BCUT2D eigenvalue weighted by atomic mass is 10.2. The second kappa shape index (κ2) is 8.68. The van der Waals surface area contributed by atoms with E-state index < -0.39 is 5.97 Å². The van der Waals surface area contributed by atoms with Gasteiger partial charge in [0.05, 0.1) is 13.5 Å². The topological polar surface area (TPSA) is 66.9 Å². The Bertz CT molecular complexity index is 603. The molecule has 7 heteroatoms. The number of carbonyl (C=O) groups is 3. The zero-order chi connectivity index (χ0) is 17.5. The highest BCUT2D eigenvalue weighted by Gasteiger charge is 2.23. The first-order valence-corrected chi connectivity index (χ1v) is 8.28. The minimum absolute atomic E-state index is 0.0597. The molecule has 1 saturated heterocycles. The monoisotopic (exact) mass is 352 g/mol. The van der Waals surface area contributed by atoms with Gasteiger partial charge in [-0.1, -0.05) is 11.6 Å². The molecule has 0 bridgehead atoms. The van der Waals surface area contributed by atoms with Crippen LogP contribution in [0.15, 0.2) is 24.3 Å². The Kier molecular flexibility index (Phi) is 6.61. The van der Waals surface area contributed by atoms with Crippen LogP contribution < -0.4 is 0 Å². The van der Waals surface area contributed by atoms with E-state index in [9.17, 15) is 14.4 Å². The molecular weight excluding hydrogens is 332 g/mol. The van der Waals surface area contributed by atoms with Gasteiger partial charge in [-0.2, -0.15) is 0 Å². The van der Waals surface area contributed by atoms with E-state index in [0.29, 0.717) is 43.2 Å². The molecule has 1 aliphatic rings. The SMILES string of the molecule is COC(=O)CCC(=O)N1CCCN(C(=O)c2ccc(Cl)cc2)CC1. The van der Waals surface area contributed by atoms with Gasteiger partial charge in [-0.15, -0.1) is 0 Å². The van der Waals surface area contributed by atoms with Crippen LogP contribution >= 0.6 is 11.6 Å². The van der Waals surface area contributed by atoms with Crippen LogP contribution in [-0.4, -0.2) is 60.9 Å². The largest absolute Gasteiger partial charge is 0.469 e. The lowest BCUT2D eigenvalue weighted by molar-refractivity contribution is -0.143. The van der Waals surface area contributed by atoms with Gasteiger partial charge in [0.25, 0.3) is 5.91 Å². The summed E-state index contributed by atoms with van der Waals surface area (Å²) in [6.07, 6.45) is 0.931. The van der Waals surface area contributed by atoms with E-state index in [1.54, 1.807) is 34.1 Å². The molecule has 0 aliphatic carbocycles. The molecule has 0 unspecified atom stereocenters. The first-order chi connectivity index (χ1) is 11.5. The van der Waals surface area contributed by atoms with Crippen LogP contribution in [0.5, 0.6) is 0 Å². The molecule has 1 aromatic rings. The molecule has 2 amide bonds. The third-order valence-electron chi connectivity index (χ3n) is 4.00. The molecule has 0 aromatic heterocycles. The highest BCUT2D eigenvalue weighted by molar-refractivity contribution is 6.30. The highest BCUT2D eigenvalue weighted by Crippen LogP contribution is 2.14. The van der Waals surface area contributed by atoms with E-state index in [0.717, 1.165) is 0 Å². The van der Waals surface area contributed by atoms with Crippen molar-refractivity contribution in [2.45, 2.75) is 19.3 Å². The van der Waals surface area contributed by atoms with Gasteiger partial charge in [0.1, 0.15) is 0 Å². The van der Waals surface area contributed by atoms with Crippen molar-refractivity contribution in [2.24, 2.45) is 0 Å². The van der Waals surface area contributed by atoms with E-state index in [-0.39, 0.29) is 24.7 Å². The summed E-state index contributed by atoms with van der Waals surface area (Å²) in [6.45, 7) is 2.14. The average molecular weight is 353 g/mol. The van der Waals surface area contributed by atoms with E-state index in [4.69, 9.17) is 11.6 Å². The fraction of sp³-hybridized carbons (Fsp3) is 0.471. The van der Waals surface area contributed by atoms with Gasteiger partial charge in [-0.05, 0) is 30.7 Å². The summed E-state index contributed by atoms with van der Waals surface area (Å²) in [5.74, 6) is -0.533. The molecule has 0 radical (unpaired) electrons. The number of halogens is 1. The number of hydrogen-bond acceptors (Lipinski definition) is 4. The van der Waals surface area contributed by atoms with Gasteiger partial charge in [0.15, 0.2) is 0 Å². The second-order valence-electron chi connectivity index (χ2n) is 5.61. The molecule has 1 aromatic carbocycles. The van der Waals surface area contributed by atoms with Gasteiger partial charge in [-0.3, -0.25) is 14.4 Å². The molecule has 130 valence electrons. The number of benzene rings is 1. The van der Waals surface area contributed by atoms with Gasteiger partial charge >= 0.3 is 5.97 Å². The van der Waals surface area contributed by atoms with Crippen LogP contribution in [0.2, 0.25) is 5.02 Å². The minimum Gasteiger partial charge on any atom is -0.469 e. The molecule has 2 rings (SSSR count). The van der Waals surface area contributed by atoms with E-state index >= 15 is 0 Å². The van der Waals surface area contributed by atoms with Crippen molar-refractivity contribution in [3.8, 4) is 0 Å². The molecule has 1 aliphatic heterocycles. The quantitative estimate of drug-likeness (QED) is 0.777. The van der Waals surface area contributed by atoms with Crippen LogP contribution in [0, 0.1) is 0 Å². The molecular formula is C17H21ClN2O4. The Labute approximate surface area is 146 Å². The van der Waals surface area contributed by atoms with Crippen LogP contribution in [0.4, 0.5) is 0 Å². The fourth-order valence-electron chi connectivity index (χ4n) is 2.61. The van der Waals surface area contributed by atoms with Crippen molar-refractivity contribution in [3.05, 3.63) is 34.9 Å². The second-order valence-corrected chi connectivity index (χ2v) is 6.05. The van der Waals surface area contributed by atoms with E-state index in [1.165, 1.54) is 7.11 Å². The smallest absolute Gasteiger partial charge is 0.306 e. The fourth-order valence-corrected chi connectivity index (χ4v) is 2.74. The van der Waals surface area contributed by atoms with Crippen molar-refractivity contribution in [3.63, 3.8) is 0 Å². The van der Waals surface area contributed by atoms with E-state index in [1.807, 2.05) is 0 Å². The molecule has 6 nitrogen and oxygen atoms in total. The highest BCUT2D eigenvalue weighted by atomic mass is 35.5. The van der Waals surface area contributed by atoms with Crippen molar-refractivity contribution >= 4 is 29.4 Å². The van der Waals surface area contributed by atoms with Crippen LogP contribution in [0.1, 0.15) is 29.6 Å². The molecule has 1 fully saturated rings. The summed E-state index contributed by atoms with van der Waals surface area (Å²) >= 11 is 5.84. The minimum atomic E-state index is -0.391. The van der Waals surface area contributed by atoms with Gasteiger partial charge in [0.2, 0.25) is 5.91 Å². The number of ether oxygens (including phenoxy) is 1. The third kappa shape index (κ3) is 4.96. The zero-order valence-electron chi connectivity index (χ0n) is 13.7. The first-order valence-electron chi connectivity index (χ1n) is 7.90. The Morgan fingerprint density at radius 1 is 1.00 bits per heavy atom. The van der Waals surface area contributed by atoms with Crippen LogP contribution in [-0.2, 0) is 14.3 Å². The maximum Gasteiger partial charge on any atom is 0.306 e. The maximum absolute atomic E-state index is 12.5. The predicted octanol–water partition coefficient (Wildman–Crippen LogP) is 1.97. The normalized spacial score (nSPS) is 14.9. The van der Waals surface area contributed by atoms with Crippen LogP contribution in [0.3, 0.4) is 0 Å². The summed E-state index contributed by atoms with van der Waals surface area (Å²) in [5, 5.41) is 0.588. The lowest BCUT2D eigenvalue weighted by Gasteiger charge is -2.22. The summed E-state index contributed by atoms with van der Waals surface area (Å²) < 4.78 is 4.55.